The zero-order valence-corrected chi connectivity index (χ0v) is 15.6. The van der Waals surface area contributed by atoms with Crippen LogP contribution in [0.15, 0.2) is 24.3 Å². The van der Waals surface area contributed by atoms with Crippen LogP contribution in [0.4, 0.5) is 11.8 Å². The minimum Gasteiger partial charge on any atom is -0.490 e. The molecule has 0 aliphatic rings. The lowest BCUT2D eigenvalue weighted by Crippen LogP contribution is -2.10. The van der Waals surface area contributed by atoms with Crippen LogP contribution >= 0.6 is 11.6 Å². The Morgan fingerprint density at radius 2 is 1.76 bits per heavy atom. The van der Waals surface area contributed by atoms with Crippen LogP contribution in [0.1, 0.15) is 45.2 Å². The lowest BCUT2D eigenvalue weighted by atomic mass is 10.1. The van der Waals surface area contributed by atoms with Crippen LogP contribution in [-0.2, 0) is 0 Å². The molecule has 6 nitrogen and oxygen atoms in total. The summed E-state index contributed by atoms with van der Waals surface area (Å²) in [5.41, 5.74) is 6.68. The van der Waals surface area contributed by atoms with Crippen molar-refractivity contribution in [2.75, 3.05) is 24.3 Å². The van der Waals surface area contributed by atoms with E-state index in [0.29, 0.717) is 24.2 Å². The number of nitrogens with one attached hydrogen (secondary N) is 1. The zero-order chi connectivity index (χ0) is 18.2. The predicted molar refractivity (Wildman–Crippen MR) is 102 cm³/mol. The lowest BCUT2D eigenvalue weighted by molar-refractivity contribution is 0.268. The first-order valence-corrected chi connectivity index (χ1v) is 8.87. The minimum atomic E-state index is -0.0189. The van der Waals surface area contributed by atoms with Crippen molar-refractivity contribution in [1.29, 1.82) is 0 Å². The molecule has 0 aliphatic heterocycles. The highest BCUT2D eigenvalue weighted by Gasteiger charge is 2.12. The number of ether oxygens (including phenoxy) is 2. The number of aromatic nitrogens is 2. The van der Waals surface area contributed by atoms with Gasteiger partial charge in [-0.25, -0.2) is 4.98 Å². The molecule has 1 heterocycles. The fraction of sp³-hybridized carbons (Fsp3) is 0.444. The van der Waals surface area contributed by atoms with Gasteiger partial charge >= 0.3 is 0 Å². The summed E-state index contributed by atoms with van der Waals surface area (Å²) in [4.78, 5) is 8.00. The topological polar surface area (TPSA) is 82.3 Å². The van der Waals surface area contributed by atoms with Gasteiger partial charge in [-0.3, -0.25) is 0 Å². The van der Waals surface area contributed by atoms with E-state index in [9.17, 15) is 0 Å². The first-order valence-electron chi connectivity index (χ1n) is 8.49. The highest BCUT2D eigenvalue weighted by atomic mass is 35.5. The number of rotatable bonds is 9. The maximum absolute atomic E-state index is 5.92. The van der Waals surface area contributed by atoms with Gasteiger partial charge in [-0.1, -0.05) is 31.5 Å². The lowest BCUT2D eigenvalue weighted by Gasteiger charge is -2.18. The van der Waals surface area contributed by atoms with E-state index in [1.807, 2.05) is 25.1 Å². The molecule has 1 aromatic carbocycles. The molecule has 0 aliphatic carbocycles. The Balaban J connectivity index is 2.18. The predicted octanol–water partition coefficient (Wildman–Crippen LogP) is 4.46. The highest BCUT2D eigenvalue weighted by molar-refractivity contribution is 6.29. The standard InChI is InChI=1S/C18H25ClN4O2/c1-4-8-24-14-7-6-13(10-15(14)25-9-5-2)12(3)21-17-11-16(19)22-18(20)23-17/h6-7,10-12H,4-5,8-9H2,1-3H3,(H3,20,21,22,23)/t12-/m0/s1. The number of nitrogen functional groups attached to an aromatic ring is 1. The monoisotopic (exact) mass is 364 g/mol. The molecule has 3 N–H and O–H groups in total. The van der Waals surface area contributed by atoms with Gasteiger partial charge in [0.25, 0.3) is 0 Å². The Morgan fingerprint density at radius 1 is 1.08 bits per heavy atom. The molecule has 2 aromatic rings. The second-order valence-corrected chi connectivity index (χ2v) is 6.09. The van der Waals surface area contributed by atoms with Crippen molar-refractivity contribution in [2.24, 2.45) is 0 Å². The van der Waals surface area contributed by atoms with Gasteiger partial charge in [-0.2, -0.15) is 4.98 Å². The molecule has 7 heteroatoms. The fourth-order valence-electron chi connectivity index (χ4n) is 2.26. The molecule has 25 heavy (non-hydrogen) atoms. The van der Waals surface area contributed by atoms with Crippen LogP contribution in [-0.4, -0.2) is 23.2 Å². The maximum Gasteiger partial charge on any atom is 0.223 e. The number of halogens is 1. The van der Waals surface area contributed by atoms with E-state index >= 15 is 0 Å². The molecular formula is C18H25ClN4O2. The third-order valence-electron chi connectivity index (χ3n) is 3.47. The van der Waals surface area contributed by atoms with Crippen LogP contribution < -0.4 is 20.5 Å². The SMILES string of the molecule is CCCOc1ccc([C@H](C)Nc2cc(Cl)nc(N)n2)cc1OCCC. The smallest absolute Gasteiger partial charge is 0.223 e. The molecule has 2 rings (SSSR count). The van der Waals surface area contributed by atoms with Crippen molar-refractivity contribution >= 4 is 23.4 Å². The number of benzene rings is 1. The summed E-state index contributed by atoms with van der Waals surface area (Å²) < 4.78 is 11.6. The number of nitrogens with zero attached hydrogens (tertiary/aromatic N) is 2. The van der Waals surface area contributed by atoms with E-state index in [-0.39, 0.29) is 12.0 Å². The Labute approximate surface area is 153 Å². The van der Waals surface area contributed by atoms with Gasteiger partial charge in [0.05, 0.1) is 19.3 Å². The van der Waals surface area contributed by atoms with Gasteiger partial charge < -0.3 is 20.5 Å². The fourth-order valence-corrected chi connectivity index (χ4v) is 2.45. The summed E-state index contributed by atoms with van der Waals surface area (Å²) in [5.74, 6) is 2.23. The van der Waals surface area contributed by atoms with Crippen molar-refractivity contribution in [1.82, 2.24) is 9.97 Å². The summed E-state index contributed by atoms with van der Waals surface area (Å²) in [7, 11) is 0. The third-order valence-corrected chi connectivity index (χ3v) is 3.66. The molecule has 0 radical (unpaired) electrons. The number of nitrogens with two attached hydrogens (primary N) is 1. The van der Waals surface area contributed by atoms with Gasteiger partial charge in [-0.15, -0.1) is 0 Å². The molecule has 0 amide bonds. The normalized spacial score (nSPS) is 11.8. The van der Waals surface area contributed by atoms with Crippen LogP contribution in [0.2, 0.25) is 5.15 Å². The van der Waals surface area contributed by atoms with Gasteiger partial charge in [0.1, 0.15) is 11.0 Å². The Kier molecular flexibility index (Phi) is 7.13. The summed E-state index contributed by atoms with van der Waals surface area (Å²) >= 11 is 5.92. The summed E-state index contributed by atoms with van der Waals surface area (Å²) in [6.45, 7) is 7.48. The first kappa shape index (κ1) is 19.1. The summed E-state index contributed by atoms with van der Waals surface area (Å²) in [6.07, 6.45) is 1.88. The van der Waals surface area contributed by atoms with Gasteiger partial charge in [0.15, 0.2) is 11.5 Å². The van der Waals surface area contributed by atoms with Crippen LogP contribution in [0.25, 0.3) is 0 Å². The Hall–Kier alpha value is -2.21. The Morgan fingerprint density at radius 3 is 2.40 bits per heavy atom. The molecule has 136 valence electrons. The van der Waals surface area contributed by atoms with Gasteiger partial charge in [0.2, 0.25) is 5.95 Å². The van der Waals surface area contributed by atoms with Crippen LogP contribution in [0.5, 0.6) is 11.5 Å². The van der Waals surface area contributed by atoms with Gasteiger partial charge in [-0.05, 0) is 37.5 Å². The van der Waals surface area contributed by atoms with Crippen molar-refractivity contribution in [3.05, 3.63) is 35.0 Å². The number of hydrogen-bond acceptors (Lipinski definition) is 6. The quantitative estimate of drug-likeness (QED) is 0.639. The molecular weight excluding hydrogens is 340 g/mol. The van der Waals surface area contributed by atoms with Crippen molar-refractivity contribution < 1.29 is 9.47 Å². The van der Waals surface area contributed by atoms with Crippen LogP contribution in [0.3, 0.4) is 0 Å². The number of hydrogen-bond donors (Lipinski definition) is 2. The largest absolute Gasteiger partial charge is 0.490 e. The molecule has 0 spiro atoms. The van der Waals surface area contributed by atoms with Crippen molar-refractivity contribution in [3.63, 3.8) is 0 Å². The van der Waals surface area contributed by atoms with Gasteiger partial charge in [0, 0.05) is 6.07 Å². The Bertz CT molecular complexity index is 677. The van der Waals surface area contributed by atoms with E-state index in [1.54, 1.807) is 6.07 Å². The summed E-state index contributed by atoms with van der Waals surface area (Å²) in [6, 6.07) is 7.56. The summed E-state index contributed by atoms with van der Waals surface area (Å²) in [5, 5.41) is 3.58. The number of anilines is 2. The average molecular weight is 365 g/mol. The molecule has 0 bridgehead atoms. The molecule has 0 fully saturated rings. The second-order valence-electron chi connectivity index (χ2n) is 5.70. The van der Waals surface area contributed by atoms with E-state index in [2.05, 4.69) is 29.1 Å². The van der Waals surface area contributed by atoms with E-state index < -0.39 is 0 Å². The minimum absolute atomic E-state index is 0.0189. The molecule has 1 aromatic heterocycles. The first-order chi connectivity index (χ1) is 12.0. The molecule has 1 atom stereocenters. The van der Waals surface area contributed by atoms with E-state index in [4.69, 9.17) is 26.8 Å². The second kappa shape index (κ2) is 9.32. The van der Waals surface area contributed by atoms with Crippen molar-refractivity contribution in [3.8, 4) is 11.5 Å². The molecule has 0 saturated heterocycles. The average Bonchev–Trinajstić information content (AvgIpc) is 2.57. The maximum atomic E-state index is 5.92. The van der Waals surface area contributed by atoms with E-state index in [0.717, 1.165) is 29.9 Å². The third kappa shape index (κ3) is 5.67. The van der Waals surface area contributed by atoms with Crippen molar-refractivity contribution in [2.45, 2.75) is 39.7 Å². The molecule has 0 saturated carbocycles. The highest BCUT2D eigenvalue weighted by Crippen LogP contribution is 2.32. The molecule has 0 unspecified atom stereocenters. The zero-order valence-electron chi connectivity index (χ0n) is 14.9. The van der Waals surface area contributed by atoms with E-state index in [1.165, 1.54) is 0 Å². The van der Waals surface area contributed by atoms with Crippen LogP contribution in [0, 0.1) is 0 Å².